The van der Waals surface area contributed by atoms with Crippen molar-refractivity contribution in [2.75, 3.05) is 13.7 Å². The molecule has 1 aliphatic heterocycles. The zero-order valence-electron chi connectivity index (χ0n) is 13.1. The van der Waals surface area contributed by atoms with Crippen LogP contribution < -0.4 is 4.74 Å². The highest BCUT2D eigenvalue weighted by molar-refractivity contribution is 8.18. The van der Waals surface area contributed by atoms with Gasteiger partial charge in [-0.05, 0) is 49.4 Å². The molecule has 0 N–H and O–H groups in total. The molecule has 7 heteroatoms. The number of nitrogens with zero attached hydrogens (tertiary/aromatic N) is 1. The number of thioether (sulfide) groups is 1. The molecule has 23 heavy (non-hydrogen) atoms. The smallest absolute Gasteiger partial charge is 0.328 e. The fraction of sp³-hybridized carbons (Fsp3) is 0.312. The summed E-state index contributed by atoms with van der Waals surface area (Å²) >= 11 is 0.807. The molecule has 122 valence electrons. The van der Waals surface area contributed by atoms with E-state index in [-0.39, 0.29) is 4.91 Å². The molecule has 2 amide bonds. The average Bonchev–Trinajstić information content (AvgIpc) is 2.82. The van der Waals surface area contributed by atoms with Crippen molar-refractivity contribution in [2.45, 2.75) is 19.9 Å². The lowest BCUT2D eigenvalue weighted by Crippen LogP contribution is -2.42. The molecule has 1 aromatic carbocycles. The molecule has 1 heterocycles. The maximum Gasteiger partial charge on any atom is 0.328 e. The molecule has 1 aliphatic rings. The minimum atomic E-state index is -0.946. The Kier molecular flexibility index (Phi) is 5.44. The van der Waals surface area contributed by atoms with Crippen molar-refractivity contribution in [3.63, 3.8) is 0 Å². The molecule has 1 unspecified atom stereocenters. The van der Waals surface area contributed by atoms with Crippen LogP contribution >= 0.6 is 11.8 Å². The third-order valence-corrected chi connectivity index (χ3v) is 4.13. The Morgan fingerprint density at radius 3 is 2.52 bits per heavy atom. The molecule has 0 bridgehead atoms. The van der Waals surface area contributed by atoms with Gasteiger partial charge in [0.1, 0.15) is 11.8 Å². The molecule has 1 saturated heterocycles. The van der Waals surface area contributed by atoms with E-state index in [1.807, 2.05) is 6.92 Å². The lowest BCUT2D eigenvalue weighted by Gasteiger charge is -2.18. The van der Waals surface area contributed by atoms with Gasteiger partial charge in [-0.25, -0.2) is 4.79 Å². The van der Waals surface area contributed by atoms with Gasteiger partial charge in [0.05, 0.1) is 18.6 Å². The molecule has 0 aliphatic carbocycles. The molecule has 0 aromatic heterocycles. The van der Waals surface area contributed by atoms with Crippen molar-refractivity contribution in [3.05, 3.63) is 34.7 Å². The summed E-state index contributed by atoms with van der Waals surface area (Å²) < 4.78 is 9.93. The Morgan fingerprint density at radius 1 is 1.30 bits per heavy atom. The highest BCUT2D eigenvalue weighted by Gasteiger charge is 2.41. The van der Waals surface area contributed by atoms with E-state index in [1.165, 1.54) is 14.0 Å². The predicted molar refractivity (Wildman–Crippen MR) is 86.9 cm³/mol. The first kappa shape index (κ1) is 17.1. The van der Waals surface area contributed by atoms with Crippen molar-refractivity contribution in [3.8, 4) is 5.75 Å². The number of amides is 2. The standard InChI is InChI=1S/C16H17NO5S/c1-4-22-12-7-5-11(6-8-12)9-13-14(18)17(16(20)23-13)10(2)15(19)21-3/h5-10H,4H2,1-3H3/b13-9-. The number of carbonyl (C=O) groups excluding carboxylic acids is 3. The van der Waals surface area contributed by atoms with E-state index in [2.05, 4.69) is 4.74 Å². The van der Waals surface area contributed by atoms with Crippen molar-refractivity contribution in [1.82, 2.24) is 4.90 Å². The lowest BCUT2D eigenvalue weighted by molar-refractivity contribution is -0.148. The highest BCUT2D eigenvalue weighted by Crippen LogP contribution is 2.34. The van der Waals surface area contributed by atoms with Crippen LogP contribution in [0.25, 0.3) is 6.08 Å². The van der Waals surface area contributed by atoms with Crippen LogP contribution in [-0.4, -0.2) is 41.8 Å². The minimum absolute atomic E-state index is 0.273. The van der Waals surface area contributed by atoms with Gasteiger partial charge in [-0.3, -0.25) is 14.5 Å². The van der Waals surface area contributed by atoms with Gasteiger partial charge in [0.2, 0.25) is 0 Å². The van der Waals surface area contributed by atoms with Gasteiger partial charge in [-0.1, -0.05) is 12.1 Å². The number of imide groups is 1. The summed E-state index contributed by atoms with van der Waals surface area (Å²) in [6, 6.07) is 6.22. The van der Waals surface area contributed by atoms with Crippen LogP contribution in [0.4, 0.5) is 4.79 Å². The number of hydrogen-bond donors (Lipinski definition) is 0. The van der Waals surface area contributed by atoms with Crippen molar-refractivity contribution in [2.24, 2.45) is 0 Å². The Balaban J connectivity index is 2.19. The predicted octanol–water partition coefficient (Wildman–Crippen LogP) is 2.68. The van der Waals surface area contributed by atoms with Crippen LogP contribution in [0, 0.1) is 0 Å². The third-order valence-electron chi connectivity index (χ3n) is 3.24. The fourth-order valence-corrected chi connectivity index (χ4v) is 2.98. The minimum Gasteiger partial charge on any atom is -0.494 e. The monoisotopic (exact) mass is 335 g/mol. The maximum atomic E-state index is 12.3. The third kappa shape index (κ3) is 3.73. The molecule has 1 aromatic rings. The van der Waals surface area contributed by atoms with E-state index in [4.69, 9.17) is 4.74 Å². The Bertz CT molecular complexity index is 653. The summed E-state index contributed by atoms with van der Waals surface area (Å²) in [4.78, 5) is 37.1. The van der Waals surface area contributed by atoms with Crippen LogP contribution in [0.2, 0.25) is 0 Å². The van der Waals surface area contributed by atoms with Crippen LogP contribution in [0.3, 0.4) is 0 Å². The highest BCUT2D eigenvalue weighted by atomic mass is 32.2. The van der Waals surface area contributed by atoms with Gasteiger partial charge in [0.25, 0.3) is 11.1 Å². The fourth-order valence-electron chi connectivity index (χ4n) is 2.07. The number of carbonyl (C=O) groups is 3. The van der Waals surface area contributed by atoms with Crippen LogP contribution in [0.15, 0.2) is 29.2 Å². The van der Waals surface area contributed by atoms with E-state index < -0.39 is 23.2 Å². The molecular formula is C16H17NO5S. The molecule has 0 saturated carbocycles. The van der Waals surface area contributed by atoms with Crippen molar-refractivity contribution in [1.29, 1.82) is 0 Å². The van der Waals surface area contributed by atoms with Crippen LogP contribution in [0.5, 0.6) is 5.75 Å². The lowest BCUT2D eigenvalue weighted by atomic mass is 10.2. The Labute approximate surface area is 138 Å². The summed E-state index contributed by atoms with van der Waals surface area (Å²) in [6.45, 7) is 3.93. The molecule has 0 spiro atoms. The Hall–Kier alpha value is -2.28. The van der Waals surface area contributed by atoms with Gasteiger partial charge < -0.3 is 9.47 Å². The van der Waals surface area contributed by atoms with E-state index >= 15 is 0 Å². The zero-order valence-corrected chi connectivity index (χ0v) is 13.9. The summed E-state index contributed by atoms with van der Waals surface area (Å²) in [5.74, 6) is -0.390. The first-order chi connectivity index (χ1) is 11.0. The van der Waals surface area contributed by atoms with E-state index in [1.54, 1.807) is 30.3 Å². The summed E-state index contributed by atoms with van der Waals surface area (Å²) in [5.41, 5.74) is 0.768. The number of methoxy groups -OCH3 is 1. The van der Waals surface area contributed by atoms with E-state index in [0.29, 0.717) is 6.61 Å². The number of rotatable bonds is 5. The summed E-state index contributed by atoms with van der Waals surface area (Å²) in [5, 5.41) is -0.481. The van der Waals surface area contributed by atoms with Crippen molar-refractivity contribution >= 4 is 35.0 Å². The normalized spacial score (nSPS) is 17.5. The summed E-state index contributed by atoms with van der Waals surface area (Å²) in [7, 11) is 1.22. The topological polar surface area (TPSA) is 72.9 Å². The van der Waals surface area contributed by atoms with Crippen molar-refractivity contribution < 1.29 is 23.9 Å². The van der Waals surface area contributed by atoms with Gasteiger partial charge >= 0.3 is 5.97 Å². The van der Waals surface area contributed by atoms with Gasteiger partial charge in [-0.15, -0.1) is 0 Å². The second-order valence-electron chi connectivity index (χ2n) is 4.75. The first-order valence-corrected chi connectivity index (χ1v) is 7.87. The summed E-state index contributed by atoms with van der Waals surface area (Å²) in [6.07, 6.45) is 1.62. The molecule has 6 nitrogen and oxygen atoms in total. The van der Waals surface area contributed by atoms with Crippen LogP contribution in [0.1, 0.15) is 19.4 Å². The average molecular weight is 335 g/mol. The quantitative estimate of drug-likeness (QED) is 0.608. The zero-order chi connectivity index (χ0) is 17.0. The second kappa shape index (κ2) is 7.32. The van der Waals surface area contributed by atoms with Gasteiger partial charge in [0.15, 0.2) is 0 Å². The SMILES string of the molecule is CCOc1ccc(/C=C2\SC(=O)N(C(C)C(=O)OC)C2=O)cc1. The molecule has 0 radical (unpaired) electrons. The van der Waals surface area contributed by atoms with Crippen LogP contribution in [-0.2, 0) is 14.3 Å². The van der Waals surface area contributed by atoms with E-state index in [9.17, 15) is 14.4 Å². The largest absolute Gasteiger partial charge is 0.494 e. The Morgan fingerprint density at radius 2 is 1.96 bits per heavy atom. The number of ether oxygens (including phenoxy) is 2. The number of benzene rings is 1. The van der Waals surface area contributed by atoms with Gasteiger partial charge in [-0.2, -0.15) is 0 Å². The maximum absolute atomic E-state index is 12.3. The van der Waals surface area contributed by atoms with Gasteiger partial charge in [0, 0.05) is 0 Å². The molecule has 2 rings (SSSR count). The number of hydrogen-bond acceptors (Lipinski definition) is 6. The molecule has 1 atom stereocenters. The van der Waals surface area contributed by atoms with E-state index in [0.717, 1.165) is 28.0 Å². The molecular weight excluding hydrogens is 318 g/mol. The second-order valence-corrected chi connectivity index (χ2v) is 5.75. The number of esters is 1. The molecule has 1 fully saturated rings. The first-order valence-electron chi connectivity index (χ1n) is 7.05.